The van der Waals surface area contributed by atoms with Crippen LogP contribution >= 0.6 is 11.6 Å². The van der Waals surface area contributed by atoms with Crippen molar-refractivity contribution < 1.29 is 0 Å². The maximum atomic E-state index is 5.93. The van der Waals surface area contributed by atoms with Crippen LogP contribution in [0.5, 0.6) is 0 Å². The summed E-state index contributed by atoms with van der Waals surface area (Å²) < 4.78 is 2.10. The van der Waals surface area contributed by atoms with Crippen molar-refractivity contribution >= 4 is 22.5 Å². The summed E-state index contributed by atoms with van der Waals surface area (Å²) in [7, 11) is 4.20. The third-order valence-electron chi connectivity index (χ3n) is 2.83. The van der Waals surface area contributed by atoms with Crippen LogP contribution in [-0.2, 0) is 12.4 Å². The number of benzene rings is 1. The van der Waals surface area contributed by atoms with Crippen molar-refractivity contribution in [2.24, 2.45) is 0 Å². The Labute approximate surface area is 101 Å². The molecular formula is C13H17ClN2. The van der Waals surface area contributed by atoms with Gasteiger partial charge in [0.25, 0.3) is 0 Å². The van der Waals surface area contributed by atoms with E-state index in [0.29, 0.717) is 6.00 Å². The molecule has 2 aromatic rings. The second-order valence-electron chi connectivity index (χ2n) is 4.31. The van der Waals surface area contributed by atoms with E-state index >= 15 is 0 Å². The number of hydrogen-bond acceptors (Lipinski definition) is 1. The third-order valence-corrected chi connectivity index (χ3v) is 3.09. The first-order valence-corrected chi connectivity index (χ1v) is 6.03. The van der Waals surface area contributed by atoms with Crippen LogP contribution in [-0.4, -0.2) is 30.1 Å². The Balaban J connectivity index is 2.37. The van der Waals surface area contributed by atoms with Crippen molar-refractivity contribution in [1.29, 1.82) is 0 Å². The average molecular weight is 237 g/mol. The molecule has 2 rings (SSSR count). The van der Waals surface area contributed by atoms with Crippen molar-refractivity contribution in [1.82, 2.24) is 9.47 Å². The minimum Gasteiger partial charge on any atom is -0.333 e. The quantitative estimate of drug-likeness (QED) is 0.741. The highest BCUT2D eigenvalue weighted by molar-refractivity contribution is 6.16. The van der Waals surface area contributed by atoms with Crippen LogP contribution in [0.25, 0.3) is 10.9 Å². The molecule has 1 heterocycles. The van der Waals surface area contributed by atoms with Gasteiger partial charge in [-0.15, -0.1) is 11.6 Å². The van der Waals surface area contributed by atoms with E-state index in [1.165, 1.54) is 16.5 Å². The summed E-state index contributed by atoms with van der Waals surface area (Å²) in [4.78, 5) is 2.20. The normalized spacial score (nSPS) is 11.5. The van der Waals surface area contributed by atoms with E-state index in [9.17, 15) is 0 Å². The van der Waals surface area contributed by atoms with Crippen molar-refractivity contribution in [3.8, 4) is 0 Å². The standard InChI is InChI=1S/C13H17ClN2/c1-15(2)8-7-11-9-16(10-14)13-6-4-3-5-12(11)13/h3-6,9H,7-8,10H2,1-2H3. The fraction of sp³-hybridized carbons (Fsp3) is 0.385. The predicted octanol–water partition coefficient (Wildman–Crippen LogP) is 2.94. The first-order chi connectivity index (χ1) is 7.72. The second-order valence-corrected chi connectivity index (χ2v) is 4.55. The van der Waals surface area contributed by atoms with Crippen LogP contribution in [0.1, 0.15) is 5.56 Å². The van der Waals surface area contributed by atoms with Gasteiger partial charge in [-0.3, -0.25) is 0 Å². The lowest BCUT2D eigenvalue weighted by molar-refractivity contribution is 0.414. The average Bonchev–Trinajstić information content (AvgIpc) is 2.65. The van der Waals surface area contributed by atoms with E-state index in [2.05, 4.69) is 54.0 Å². The summed E-state index contributed by atoms with van der Waals surface area (Å²) in [5.74, 6) is 0. The number of para-hydroxylation sites is 1. The first-order valence-electron chi connectivity index (χ1n) is 5.50. The lowest BCUT2D eigenvalue weighted by Crippen LogP contribution is -2.14. The lowest BCUT2D eigenvalue weighted by atomic mass is 10.1. The molecule has 3 heteroatoms. The molecule has 0 aliphatic heterocycles. The van der Waals surface area contributed by atoms with Crippen LogP contribution in [0.15, 0.2) is 30.5 Å². The zero-order chi connectivity index (χ0) is 11.5. The number of aromatic nitrogens is 1. The summed E-state index contributed by atoms with van der Waals surface area (Å²) in [6.07, 6.45) is 3.23. The molecule has 0 radical (unpaired) electrons. The Bertz CT molecular complexity index is 474. The number of fused-ring (bicyclic) bond motifs is 1. The molecule has 0 bridgehead atoms. The van der Waals surface area contributed by atoms with Gasteiger partial charge >= 0.3 is 0 Å². The molecule has 0 saturated carbocycles. The number of rotatable bonds is 4. The maximum absolute atomic E-state index is 5.93. The Hall–Kier alpha value is -0.990. The van der Waals surface area contributed by atoms with E-state index in [0.717, 1.165) is 13.0 Å². The number of alkyl halides is 1. The van der Waals surface area contributed by atoms with Gasteiger partial charge in [0.15, 0.2) is 0 Å². The monoisotopic (exact) mass is 236 g/mol. The van der Waals surface area contributed by atoms with Gasteiger partial charge in [-0.05, 0) is 32.1 Å². The van der Waals surface area contributed by atoms with Gasteiger partial charge in [-0.1, -0.05) is 18.2 Å². The highest BCUT2D eigenvalue weighted by Gasteiger charge is 2.07. The van der Waals surface area contributed by atoms with Gasteiger partial charge in [-0.25, -0.2) is 0 Å². The molecule has 0 amide bonds. The van der Waals surface area contributed by atoms with E-state index in [1.807, 2.05) is 0 Å². The zero-order valence-corrected chi connectivity index (χ0v) is 10.5. The van der Waals surface area contributed by atoms with Crippen LogP contribution in [0.2, 0.25) is 0 Å². The molecule has 86 valence electrons. The smallest absolute Gasteiger partial charge is 0.0971 e. The summed E-state index contributed by atoms with van der Waals surface area (Å²) in [5.41, 5.74) is 2.61. The zero-order valence-electron chi connectivity index (χ0n) is 9.78. The highest BCUT2D eigenvalue weighted by atomic mass is 35.5. The molecule has 0 aliphatic rings. The first kappa shape index (κ1) is 11.5. The minimum absolute atomic E-state index is 0.516. The molecule has 2 nitrogen and oxygen atoms in total. The van der Waals surface area contributed by atoms with Gasteiger partial charge in [0.05, 0.1) is 6.00 Å². The van der Waals surface area contributed by atoms with Crippen molar-refractivity contribution in [2.75, 3.05) is 20.6 Å². The fourth-order valence-electron chi connectivity index (χ4n) is 1.96. The van der Waals surface area contributed by atoms with Crippen molar-refractivity contribution in [3.05, 3.63) is 36.0 Å². The molecule has 0 atom stereocenters. The molecule has 0 aliphatic carbocycles. The number of likely N-dealkylation sites (N-methyl/N-ethyl adjacent to an activating group) is 1. The Morgan fingerprint density at radius 1 is 1.25 bits per heavy atom. The molecule has 1 aromatic heterocycles. The Morgan fingerprint density at radius 3 is 2.69 bits per heavy atom. The van der Waals surface area contributed by atoms with E-state index < -0.39 is 0 Å². The Kier molecular flexibility index (Phi) is 3.52. The molecule has 0 N–H and O–H groups in total. The number of hydrogen-bond donors (Lipinski definition) is 0. The van der Waals surface area contributed by atoms with Gasteiger partial charge < -0.3 is 9.47 Å². The second kappa shape index (κ2) is 4.89. The van der Waals surface area contributed by atoms with Crippen molar-refractivity contribution in [3.63, 3.8) is 0 Å². The maximum Gasteiger partial charge on any atom is 0.0971 e. The molecule has 0 saturated heterocycles. The van der Waals surface area contributed by atoms with Crippen molar-refractivity contribution in [2.45, 2.75) is 12.4 Å². The number of nitrogens with zero attached hydrogens (tertiary/aromatic N) is 2. The van der Waals surface area contributed by atoms with Crippen LogP contribution in [0.3, 0.4) is 0 Å². The summed E-state index contributed by atoms with van der Waals surface area (Å²) in [6.45, 7) is 1.07. The van der Waals surface area contributed by atoms with Gasteiger partial charge in [0.1, 0.15) is 0 Å². The topological polar surface area (TPSA) is 8.17 Å². The molecule has 16 heavy (non-hydrogen) atoms. The number of halogens is 1. The fourth-order valence-corrected chi connectivity index (χ4v) is 2.16. The minimum atomic E-state index is 0.516. The molecular weight excluding hydrogens is 220 g/mol. The van der Waals surface area contributed by atoms with Crippen LogP contribution in [0, 0.1) is 0 Å². The molecule has 0 unspecified atom stereocenters. The lowest BCUT2D eigenvalue weighted by Gasteiger charge is -2.07. The SMILES string of the molecule is CN(C)CCc1cn(CCl)c2ccccc12. The van der Waals surface area contributed by atoms with Gasteiger partial charge in [0.2, 0.25) is 0 Å². The van der Waals surface area contributed by atoms with Gasteiger partial charge in [-0.2, -0.15) is 0 Å². The Morgan fingerprint density at radius 2 is 2.00 bits per heavy atom. The third kappa shape index (κ3) is 2.23. The predicted molar refractivity (Wildman–Crippen MR) is 70.0 cm³/mol. The van der Waals surface area contributed by atoms with E-state index in [4.69, 9.17) is 11.6 Å². The van der Waals surface area contributed by atoms with Gasteiger partial charge in [0, 0.05) is 23.6 Å². The molecule has 0 fully saturated rings. The van der Waals surface area contributed by atoms with E-state index in [1.54, 1.807) is 0 Å². The summed E-state index contributed by atoms with van der Waals surface area (Å²) in [5, 5.41) is 1.32. The highest BCUT2D eigenvalue weighted by Crippen LogP contribution is 2.22. The van der Waals surface area contributed by atoms with Crippen LogP contribution < -0.4 is 0 Å². The molecule has 0 spiro atoms. The van der Waals surface area contributed by atoms with Crippen LogP contribution in [0.4, 0.5) is 0 Å². The molecule has 1 aromatic carbocycles. The summed E-state index contributed by atoms with van der Waals surface area (Å²) in [6, 6.07) is 8.95. The van der Waals surface area contributed by atoms with E-state index in [-0.39, 0.29) is 0 Å². The summed E-state index contributed by atoms with van der Waals surface area (Å²) >= 11 is 5.93. The largest absolute Gasteiger partial charge is 0.333 e.